The number of carbonyl (C=O) groups excluding carboxylic acids is 1. The van der Waals surface area contributed by atoms with Crippen LogP contribution in [0.2, 0.25) is 0 Å². The Morgan fingerprint density at radius 3 is 2.74 bits per heavy atom. The number of nitro groups is 1. The highest BCUT2D eigenvalue weighted by Crippen LogP contribution is 2.31. The first-order chi connectivity index (χ1) is 8.93. The van der Waals surface area contributed by atoms with Crippen LogP contribution in [-0.2, 0) is 4.79 Å². The Morgan fingerprint density at radius 2 is 2.21 bits per heavy atom. The SMILES string of the molecule is COc1ccc([N+](=O)[O-])cc1N=NN(C)CC(=O)[O-]. The van der Waals surface area contributed by atoms with Crippen molar-refractivity contribution >= 4 is 17.3 Å². The molecule has 0 saturated carbocycles. The van der Waals surface area contributed by atoms with E-state index in [1.807, 2.05) is 0 Å². The standard InChI is InChI=1S/C10H12N4O5/c1-13(6-10(15)16)12-11-8-5-7(14(17)18)3-4-9(8)19-2/h3-5H,6H2,1-2H3,(H,15,16)/p-1. The van der Waals surface area contributed by atoms with E-state index in [0.29, 0.717) is 0 Å². The number of carboxylic acids is 1. The largest absolute Gasteiger partial charge is 0.548 e. The minimum atomic E-state index is -1.31. The number of hydrogen-bond acceptors (Lipinski definition) is 7. The van der Waals surface area contributed by atoms with Crippen molar-refractivity contribution in [3.05, 3.63) is 28.3 Å². The molecular formula is C10H11N4O5-. The second-order valence-corrected chi connectivity index (χ2v) is 3.49. The summed E-state index contributed by atoms with van der Waals surface area (Å²) in [7, 11) is 2.76. The fourth-order valence-corrected chi connectivity index (χ4v) is 1.21. The molecule has 9 nitrogen and oxygen atoms in total. The highest BCUT2D eigenvalue weighted by atomic mass is 16.6. The first-order valence-corrected chi connectivity index (χ1v) is 5.09. The van der Waals surface area contributed by atoms with E-state index in [-0.39, 0.29) is 17.1 Å². The molecule has 0 aliphatic heterocycles. The minimum Gasteiger partial charge on any atom is -0.548 e. The molecule has 0 saturated heterocycles. The molecule has 0 unspecified atom stereocenters. The monoisotopic (exact) mass is 267 g/mol. The first-order valence-electron chi connectivity index (χ1n) is 5.09. The summed E-state index contributed by atoms with van der Waals surface area (Å²) < 4.78 is 4.97. The molecule has 0 aromatic heterocycles. The fourth-order valence-electron chi connectivity index (χ4n) is 1.21. The lowest BCUT2D eigenvalue weighted by Crippen LogP contribution is -2.33. The maximum absolute atomic E-state index is 10.6. The Morgan fingerprint density at radius 1 is 1.53 bits per heavy atom. The number of ether oxygens (including phenoxy) is 1. The molecule has 0 heterocycles. The highest BCUT2D eigenvalue weighted by Gasteiger charge is 2.11. The van der Waals surface area contributed by atoms with Crippen molar-refractivity contribution in [2.24, 2.45) is 10.3 Å². The molecule has 0 aliphatic rings. The predicted octanol–water partition coefficient (Wildman–Crippen LogP) is 0.284. The van der Waals surface area contributed by atoms with Gasteiger partial charge in [0.25, 0.3) is 5.69 Å². The highest BCUT2D eigenvalue weighted by molar-refractivity contribution is 5.66. The van der Waals surface area contributed by atoms with Gasteiger partial charge in [-0.15, -0.1) is 5.11 Å². The van der Waals surface area contributed by atoms with Crippen LogP contribution in [-0.4, -0.2) is 36.6 Å². The summed E-state index contributed by atoms with van der Waals surface area (Å²) in [6, 6.07) is 3.82. The van der Waals surface area contributed by atoms with Gasteiger partial charge in [-0.3, -0.25) is 15.1 Å². The Bertz CT molecular complexity index is 517. The number of likely N-dealkylation sites (N-methyl/N-ethyl adjacent to an activating group) is 1. The number of benzene rings is 1. The van der Waals surface area contributed by atoms with Crippen LogP contribution in [0.15, 0.2) is 28.5 Å². The maximum atomic E-state index is 10.6. The van der Waals surface area contributed by atoms with Crippen LogP contribution in [0.5, 0.6) is 5.75 Å². The van der Waals surface area contributed by atoms with Crippen LogP contribution < -0.4 is 9.84 Å². The van der Waals surface area contributed by atoms with E-state index in [4.69, 9.17) is 4.74 Å². The lowest BCUT2D eigenvalue weighted by Gasteiger charge is -2.11. The van der Waals surface area contributed by atoms with Crippen LogP contribution >= 0.6 is 0 Å². The molecule has 0 amide bonds. The Balaban J connectivity index is 2.97. The van der Waals surface area contributed by atoms with Crippen LogP contribution in [0.1, 0.15) is 0 Å². The minimum absolute atomic E-state index is 0.127. The van der Waals surface area contributed by atoms with Crippen molar-refractivity contribution in [3.8, 4) is 5.75 Å². The number of methoxy groups -OCH3 is 1. The fraction of sp³-hybridized carbons (Fsp3) is 0.300. The van der Waals surface area contributed by atoms with Crippen molar-refractivity contribution in [1.82, 2.24) is 5.01 Å². The molecule has 102 valence electrons. The van der Waals surface area contributed by atoms with Crippen molar-refractivity contribution < 1.29 is 19.6 Å². The number of non-ortho nitro benzene ring substituents is 1. The maximum Gasteiger partial charge on any atom is 0.271 e. The number of nitrogens with zero attached hydrogens (tertiary/aromatic N) is 4. The molecule has 19 heavy (non-hydrogen) atoms. The summed E-state index contributed by atoms with van der Waals surface area (Å²) in [5, 5.41) is 29.3. The smallest absolute Gasteiger partial charge is 0.271 e. The number of carbonyl (C=O) groups is 1. The summed E-state index contributed by atoms with van der Waals surface area (Å²) in [5.74, 6) is -1.02. The molecular weight excluding hydrogens is 256 g/mol. The summed E-state index contributed by atoms with van der Waals surface area (Å²) in [5.41, 5.74) is -0.0424. The summed E-state index contributed by atoms with van der Waals surface area (Å²) in [4.78, 5) is 20.4. The molecule has 9 heteroatoms. The summed E-state index contributed by atoms with van der Waals surface area (Å²) in [6.07, 6.45) is 0. The normalized spacial score (nSPS) is 10.4. The summed E-state index contributed by atoms with van der Waals surface area (Å²) in [6.45, 7) is -0.444. The van der Waals surface area contributed by atoms with Gasteiger partial charge in [0.1, 0.15) is 11.4 Å². The van der Waals surface area contributed by atoms with E-state index >= 15 is 0 Å². The lowest BCUT2D eigenvalue weighted by molar-refractivity contribution is -0.384. The van der Waals surface area contributed by atoms with Gasteiger partial charge in [0, 0.05) is 19.2 Å². The van der Waals surface area contributed by atoms with Gasteiger partial charge >= 0.3 is 0 Å². The quantitative estimate of drug-likeness (QED) is 0.414. The molecule has 1 aromatic carbocycles. The number of aliphatic carboxylic acids is 1. The van der Waals surface area contributed by atoms with Crippen LogP contribution in [0.3, 0.4) is 0 Å². The molecule has 0 N–H and O–H groups in total. The van der Waals surface area contributed by atoms with Crippen LogP contribution in [0.4, 0.5) is 11.4 Å². The average molecular weight is 267 g/mol. The molecule has 0 fully saturated rings. The zero-order chi connectivity index (χ0) is 14.4. The topological polar surface area (TPSA) is 120 Å². The van der Waals surface area contributed by atoms with Gasteiger partial charge in [0.15, 0.2) is 0 Å². The molecule has 0 aliphatic carbocycles. The molecule has 1 rings (SSSR count). The Kier molecular flexibility index (Phi) is 4.75. The number of rotatable bonds is 6. The molecule has 0 radical (unpaired) electrons. The Labute approximate surface area is 108 Å². The van der Waals surface area contributed by atoms with Gasteiger partial charge in [0.2, 0.25) is 0 Å². The van der Waals surface area contributed by atoms with E-state index in [1.165, 1.54) is 32.4 Å². The van der Waals surface area contributed by atoms with Crippen LogP contribution in [0, 0.1) is 10.1 Å². The Hall–Kier alpha value is -2.71. The van der Waals surface area contributed by atoms with Gasteiger partial charge in [-0.25, -0.2) is 0 Å². The zero-order valence-corrected chi connectivity index (χ0v) is 10.3. The van der Waals surface area contributed by atoms with Crippen molar-refractivity contribution in [2.45, 2.75) is 0 Å². The first kappa shape index (κ1) is 14.4. The third-order valence-corrected chi connectivity index (χ3v) is 2.04. The molecule has 0 spiro atoms. The number of hydrogen-bond donors (Lipinski definition) is 0. The van der Waals surface area contributed by atoms with Crippen molar-refractivity contribution in [1.29, 1.82) is 0 Å². The average Bonchev–Trinajstić information content (AvgIpc) is 2.35. The van der Waals surface area contributed by atoms with Crippen LogP contribution in [0.25, 0.3) is 0 Å². The van der Waals surface area contributed by atoms with E-state index in [9.17, 15) is 20.0 Å². The molecule has 0 bridgehead atoms. The number of nitro benzene ring substituents is 1. The number of carboxylic acid groups (broad SMARTS) is 1. The second-order valence-electron chi connectivity index (χ2n) is 3.49. The van der Waals surface area contributed by atoms with E-state index in [1.54, 1.807) is 0 Å². The lowest BCUT2D eigenvalue weighted by atomic mass is 10.2. The van der Waals surface area contributed by atoms with Crippen molar-refractivity contribution in [2.75, 3.05) is 20.7 Å². The van der Waals surface area contributed by atoms with E-state index in [2.05, 4.69) is 10.3 Å². The summed E-state index contributed by atoms with van der Waals surface area (Å²) >= 11 is 0. The van der Waals surface area contributed by atoms with Gasteiger partial charge in [-0.1, -0.05) is 5.22 Å². The van der Waals surface area contributed by atoms with Crippen molar-refractivity contribution in [3.63, 3.8) is 0 Å². The zero-order valence-electron chi connectivity index (χ0n) is 10.3. The molecule has 1 aromatic rings. The van der Waals surface area contributed by atoms with Gasteiger partial charge in [-0.2, -0.15) is 0 Å². The predicted molar refractivity (Wildman–Crippen MR) is 61.8 cm³/mol. The van der Waals surface area contributed by atoms with Gasteiger partial charge in [0.05, 0.1) is 24.5 Å². The van der Waals surface area contributed by atoms with Gasteiger partial charge in [-0.05, 0) is 6.07 Å². The third kappa shape index (κ3) is 4.22. The van der Waals surface area contributed by atoms with Gasteiger partial charge < -0.3 is 14.6 Å². The van der Waals surface area contributed by atoms with E-state index in [0.717, 1.165) is 5.01 Å². The third-order valence-electron chi connectivity index (χ3n) is 2.04. The van der Waals surface area contributed by atoms with E-state index < -0.39 is 17.4 Å². The molecule has 0 atom stereocenters. The second kappa shape index (κ2) is 6.28.